The maximum absolute atomic E-state index is 13.0. The zero-order valence-electron chi connectivity index (χ0n) is 16.4. The van der Waals surface area contributed by atoms with Crippen LogP contribution in [0.5, 0.6) is 0 Å². The highest BCUT2D eigenvalue weighted by atomic mass is 32.1. The summed E-state index contributed by atoms with van der Waals surface area (Å²) in [6.07, 6.45) is 3.11. The Morgan fingerprint density at radius 1 is 1.33 bits per heavy atom. The number of aromatic nitrogens is 1. The van der Waals surface area contributed by atoms with Crippen LogP contribution in [0.3, 0.4) is 0 Å². The van der Waals surface area contributed by atoms with Crippen LogP contribution in [0.4, 0.5) is 0 Å². The van der Waals surface area contributed by atoms with Gasteiger partial charge in [0.15, 0.2) is 5.60 Å². The number of hydrogen-bond donors (Lipinski definition) is 1. The SMILES string of the molecule is CC(C)c1ccc(CN2CCCC(O)(CN(C)Cc3nccs3)C2=O)cc1. The Balaban J connectivity index is 1.63. The highest BCUT2D eigenvalue weighted by Crippen LogP contribution is 2.26. The van der Waals surface area contributed by atoms with Gasteiger partial charge in [0.25, 0.3) is 5.91 Å². The van der Waals surface area contributed by atoms with Crippen LogP contribution < -0.4 is 0 Å². The number of amides is 1. The van der Waals surface area contributed by atoms with E-state index in [1.165, 1.54) is 5.56 Å². The first-order valence-corrected chi connectivity index (χ1v) is 10.4. The van der Waals surface area contributed by atoms with Crippen LogP contribution in [0.25, 0.3) is 0 Å². The molecule has 1 atom stereocenters. The predicted octanol–water partition coefficient (Wildman–Crippen LogP) is 3.25. The molecule has 1 N–H and O–H groups in total. The molecule has 1 amide bonds. The Hall–Kier alpha value is -1.76. The third-order valence-corrected chi connectivity index (χ3v) is 5.91. The number of nitrogens with zero attached hydrogens (tertiary/aromatic N) is 3. The molecule has 0 saturated carbocycles. The second-order valence-corrected chi connectivity index (χ2v) is 8.84. The summed E-state index contributed by atoms with van der Waals surface area (Å²) in [5, 5.41) is 14.0. The molecule has 0 radical (unpaired) electrons. The zero-order valence-corrected chi connectivity index (χ0v) is 17.2. The van der Waals surface area contributed by atoms with Crippen LogP contribution in [0, 0.1) is 0 Å². The lowest BCUT2D eigenvalue weighted by molar-refractivity contribution is -0.160. The summed E-state index contributed by atoms with van der Waals surface area (Å²) < 4.78 is 0. The van der Waals surface area contributed by atoms with Crippen LogP contribution >= 0.6 is 11.3 Å². The van der Waals surface area contributed by atoms with E-state index >= 15 is 0 Å². The first kappa shape index (κ1) is 20.0. The van der Waals surface area contributed by atoms with Crippen molar-refractivity contribution in [3.05, 3.63) is 52.0 Å². The zero-order chi connectivity index (χ0) is 19.4. The highest BCUT2D eigenvalue weighted by Gasteiger charge is 2.42. The predicted molar refractivity (Wildman–Crippen MR) is 109 cm³/mol. The molecule has 1 aromatic heterocycles. The molecule has 6 heteroatoms. The molecule has 1 saturated heterocycles. The normalized spacial score (nSPS) is 20.7. The minimum atomic E-state index is -1.32. The number of likely N-dealkylation sites (tertiary alicyclic amines) is 1. The van der Waals surface area contributed by atoms with Gasteiger partial charge >= 0.3 is 0 Å². The van der Waals surface area contributed by atoms with Crippen LogP contribution in [-0.4, -0.2) is 51.5 Å². The van der Waals surface area contributed by atoms with Gasteiger partial charge in [-0.2, -0.15) is 0 Å². The molecule has 146 valence electrons. The lowest BCUT2D eigenvalue weighted by atomic mass is 9.90. The number of carbonyl (C=O) groups is 1. The Kier molecular flexibility index (Phi) is 6.29. The van der Waals surface area contributed by atoms with E-state index in [2.05, 4.69) is 43.1 Å². The minimum absolute atomic E-state index is 0.160. The van der Waals surface area contributed by atoms with E-state index in [1.54, 1.807) is 22.4 Å². The molecule has 0 aliphatic carbocycles. The van der Waals surface area contributed by atoms with Crippen LogP contribution in [0.2, 0.25) is 0 Å². The summed E-state index contributed by atoms with van der Waals surface area (Å²) in [6, 6.07) is 8.43. The Bertz CT molecular complexity index is 745. The molecule has 1 fully saturated rings. The van der Waals surface area contributed by atoms with Gasteiger partial charge in [0.1, 0.15) is 5.01 Å². The maximum Gasteiger partial charge on any atom is 0.256 e. The van der Waals surface area contributed by atoms with Crippen LogP contribution in [0.15, 0.2) is 35.8 Å². The van der Waals surface area contributed by atoms with E-state index in [1.807, 2.05) is 17.3 Å². The van der Waals surface area contributed by atoms with E-state index in [0.717, 1.165) is 17.0 Å². The van der Waals surface area contributed by atoms with Gasteiger partial charge in [0.2, 0.25) is 0 Å². The lowest BCUT2D eigenvalue weighted by Crippen LogP contribution is -2.57. The van der Waals surface area contributed by atoms with E-state index < -0.39 is 5.60 Å². The summed E-state index contributed by atoms with van der Waals surface area (Å²) in [5.41, 5.74) is 1.08. The summed E-state index contributed by atoms with van der Waals surface area (Å²) in [5.74, 6) is 0.335. The number of aliphatic hydroxyl groups is 1. The molecular weight excluding hydrogens is 358 g/mol. The number of benzene rings is 1. The summed E-state index contributed by atoms with van der Waals surface area (Å²) in [6.45, 7) is 6.56. The van der Waals surface area contributed by atoms with Crippen LogP contribution in [-0.2, 0) is 17.9 Å². The number of likely N-dealkylation sites (N-methyl/N-ethyl adjacent to an activating group) is 1. The minimum Gasteiger partial charge on any atom is -0.379 e. The van der Waals surface area contributed by atoms with Gasteiger partial charge in [-0.05, 0) is 36.9 Å². The Morgan fingerprint density at radius 2 is 2.07 bits per heavy atom. The smallest absolute Gasteiger partial charge is 0.256 e. The van der Waals surface area contributed by atoms with Gasteiger partial charge in [-0.3, -0.25) is 9.69 Å². The summed E-state index contributed by atoms with van der Waals surface area (Å²) in [4.78, 5) is 21.1. The molecule has 1 aliphatic rings. The fourth-order valence-electron chi connectivity index (χ4n) is 3.66. The molecule has 1 aromatic carbocycles. The number of piperidine rings is 1. The van der Waals surface area contributed by atoms with E-state index in [9.17, 15) is 9.90 Å². The summed E-state index contributed by atoms with van der Waals surface area (Å²) >= 11 is 1.59. The van der Waals surface area contributed by atoms with E-state index in [-0.39, 0.29) is 5.91 Å². The topological polar surface area (TPSA) is 56.7 Å². The molecule has 27 heavy (non-hydrogen) atoms. The van der Waals surface area contributed by atoms with Gasteiger partial charge in [-0.25, -0.2) is 4.98 Å². The number of rotatable bonds is 7. The number of thiazole rings is 1. The molecule has 5 nitrogen and oxygen atoms in total. The maximum atomic E-state index is 13.0. The first-order valence-electron chi connectivity index (χ1n) is 9.55. The molecule has 2 heterocycles. The third kappa shape index (κ3) is 4.94. The second kappa shape index (κ2) is 8.50. The second-order valence-electron chi connectivity index (χ2n) is 7.86. The fraction of sp³-hybridized carbons (Fsp3) is 0.524. The van der Waals surface area contributed by atoms with Gasteiger partial charge in [-0.1, -0.05) is 38.1 Å². The van der Waals surface area contributed by atoms with Crippen molar-refractivity contribution >= 4 is 17.2 Å². The molecule has 0 bridgehead atoms. The van der Waals surface area contributed by atoms with E-state index in [0.29, 0.717) is 38.5 Å². The van der Waals surface area contributed by atoms with Gasteiger partial charge in [-0.15, -0.1) is 11.3 Å². The molecule has 1 unspecified atom stereocenters. The fourth-order valence-corrected chi connectivity index (χ4v) is 4.35. The Morgan fingerprint density at radius 3 is 2.70 bits per heavy atom. The average Bonchev–Trinajstić information content (AvgIpc) is 3.12. The van der Waals surface area contributed by atoms with Crippen molar-refractivity contribution in [3.63, 3.8) is 0 Å². The van der Waals surface area contributed by atoms with Gasteiger partial charge in [0.05, 0.1) is 6.54 Å². The molecule has 3 rings (SSSR count). The lowest BCUT2D eigenvalue weighted by Gasteiger charge is -2.40. The largest absolute Gasteiger partial charge is 0.379 e. The van der Waals surface area contributed by atoms with Crippen molar-refractivity contribution in [3.8, 4) is 0 Å². The monoisotopic (exact) mass is 387 g/mol. The van der Waals surface area contributed by atoms with Crippen molar-refractivity contribution < 1.29 is 9.90 Å². The van der Waals surface area contributed by atoms with Crippen LogP contribution in [0.1, 0.15) is 48.7 Å². The van der Waals surface area contributed by atoms with Crippen molar-refractivity contribution in [1.82, 2.24) is 14.8 Å². The van der Waals surface area contributed by atoms with Crippen molar-refractivity contribution in [1.29, 1.82) is 0 Å². The molecular formula is C21H29N3O2S. The van der Waals surface area contributed by atoms with Gasteiger partial charge in [0, 0.05) is 31.2 Å². The number of carbonyl (C=O) groups excluding carboxylic acids is 1. The Labute approximate surface area is 165 Å². The van der Waals surface area contributed by atoms with E-state index in [4.69, 9.17) is 0 Å². The van der Waals surface area contributed by atoms with Crippen molar-refractivity contribution in [2.75, 3.05) is 20.1 Å². The first-order chi connectivity index (χ1) is 12.9. The average molecular weight is 388 g/mol. The molecule has 0 spiro atoms. The van der Waals surface area contributed by atoms with Gasteiger partial charge < -0.3 is 10.0 Å². The molecule has 2 aromatic rings. The van der Waals surface area contributed by atoms with Crippen molar-refractivity contribution in [2.24, 2.45) is 0 Å². The number of hydrogen-bond acceptors (Lipinski definition) is 5. The molecule has 1 aliphatic heterocycles. The summed E-state index contributed by atoms with van der Waals surface area (Å²) in [7, 11) is 1.93. The highest BCUT2D eigenvalue weighted by molar-refractivity contribution is 7.09. The standard InChI is InChI=1S/C21H29N3O2S/c1-16(2)18-7-5-17(6-8-18)13-24-11-4-9-21(26,20(24)25)15-23(3)14-19-22-10-12-27-19/h5-8,10,12,16,26H,4,9,11,13-15H2,1-3H3. The third-order valence-electron chi connectivity index (χ3n) is 5.14. The van der Waals surface area contributed by atoms with Crippen molar-refractivity contribution in [2.45, 2.75) is 51.3 Å². The quantitative estimate of drug-likeness (QED) is 0.792.